The van der Waals surface area contributed by atoms with E-state index in [9.17, 15) is 8.42 Å². The smallest absolute Gasteiger partial charge is 0.214 e. The molecule has 1 saturated heterocycles. The molecule has 0 radical (unpaired) electrons. The Balaban J connectivity index is 2.28. The van der Waals surface area contributed by atoms with E-state index in [1.54, 1.807) is 4.31 Å². The lowest BCUT2D eigenvalue weighted by Gasteiger charge is -2.34. The zero-order valence-electron chi connectivity index (χ0n) is 13.4. The van der Waals surface area contributed by atoms with Gasteiger partial charge in [-0.25, -0.2) is 12.7 Å². The number of nitrogens with one attached hydrogen (secondary N) is 1. The van der Waals surface area contributed by atoms with Crippen LogP contribution in [0.25, 0.3) is 0 Å². The van der Waals surface area contributed by atoms with Gasteiger partial charge in [0.05, 0.1) is 5.75 Å². The highest BCUT2D eigenvalue weighted by atomic mass is 32.2. The van der Waals surface area contributed by atoms with Crippen molar-refractivity contribution < 1.29 is 8.42 Å². The standard InChI is InChI=1S/C14H31N3O2S/c1-13(2)15-9-5-6-12-20(18,19)17-10-7-14(8-11-17)16(3)4/h13-15H,5-12H2,1-4H3. The van der Waals surface area contributed by atoms with E-state index >= 15 is 0 Å². The predicted molar refractivity (Wildman–Crippen MR) is 84.4 cm³/mol. The van der Waals surface area contributed by atoms with Gasteiger partial charge in [-0.3, -0.25) is 0 Å². The van der Waals surface area contributed by atoms with Crippen molar-refractivity contribution in [2.45, 2.75) is 51.6 Å². The van der Waals surface area contributed by atoms with Crippen LogP contribution in [0.15, 0.2) is 0 Å². The quantitative estimate of drug-likeness (QED) is 0.683. The average Bonchev–Trinajstić information content (AvgIpc) is 2.38. The molecule has 120 valence electrons. The molecule has 0 aromatic heterocycles. The minimum Gasteiger partial charge on any atom is -0.315 e. The van der Waals surface area contributed by atoms with Crippen LogP contribution in [0.1, 0.15) is 39.5 Å². The van der Waals surface area contributed by atoms with E-state index < -0.39 is 10.0 Å². The summed E-state index contributed by atoms with van der Waals surface area (Å²) in [5.41, 5.74) is 0. The van der Waals surface area contributed by atoms with Gasteiger partial charge >= 0.3 is 0 Å². The van der Waals surface area contributed by atoms with Crippen molar-refractivity contribution in [2.75, 3.05) is 39.5 Å². The Hall–Kier alpha value is -0.170. The monoisotopic (exact) mass is 305 g/mol. The Morgan fingerprint density at radius 1 is 1.20 bits per heavy atom. The molecule has 0 unspecified atom stereocenters. The van der Waals surface area contributed by atoms with E-state index in [4.69, 9.17) is 0 Å². The van der Waals surface area contributed by atoms with E-state index in [1.165, 1.54) is 0 Å². The minimum atomic E-state index is -3.05. The lowest BCUT2D eigenvalue weighted by Crippen LogP contribution is -2.45. The van der Waals surface area contributed by atoms with E-state index in [-0.39, 0.29) is 0 Å². The first kappa shape index (κ1) is 17.9. The second kappa shape index (κ2) is 8.32. The fourth-order valence-electron chi connectivity index (χ4n) is 2.57. The summed E-state index contributed by atoms with van der Waals surface area (Å²) in [5.74, 6) is 0.291. The van der Waals surface area contributed by atoms with Gasteiger partial charge in [-0.05, 0) is 46.3 Å². The maximum absolute atomic E-state index is 12.3. The third-order valence-corrected chi connectivity index (χ3v) is 5.89. The van der Waals surface area contributed by atoms with Crippen molar-refractivity contribution >= 4 is 10.0 Å². The van der Waals surface area contributed by atoms with Gasteiger partial charge < -0.3 is 10.2 Å². The number of sulfonamides is 1. The van der Waals surface area contributed by atoms with Gasteiger partial charge in [0.15, 0.2) is 0 Å². The summed E-state index contributed by atoms with van der Waals surface area (Å²) in [6, 6.07) is 0.994. The van der Waals surface area contributed by atoms with Crippen molar-refractivity contribution in [3.8, 4) is 0 Å². The largest absolute Gasteiger partial charge is 0.315 e. The molecule has 1 N–H and O–H groups in total. The summed E-state index contributed by atoms with van der Waals surface area (Å²) in [7, 11) is 1.09. The predicted octanol–water partition coefficient (Wildman–Crippen LogP) is 1.12. The third kappa shape index (κ3) is 6.08. The summed E-state index contributed by atoms with van der Waals surface area (Å²) in [6.45, 7) is 6.46. The maximum Gasteiger partial charge on any atom is 0.214 e. The zero-order valence-corrected chi connectivity index (χ0v) is 14.2. The highest BCUT2D eigenvalue weighted by Crippen LogP contribution is 2.17. The molecule has 1 fully saturated rings. The van der Waals surface area contributed by atoms with Crippen LogP contribution in [0, 0.1) is 0 Å². The summed E-state index contributed by atoms with van der Waals surface area (Å²) in [4.78, 5) is 2.20. The van der Waals surface area contributed by atoms with Crippen LogP contribution in [-0.4, -0.2) is 69.2 Å². The Kier molecular flexibility index (Phi) is 7.43. The lowest BCUT2D eigenvalue weighted by molar-refractivity contribution is 0.196. The Morgan fingerprint density at radius 2 is 1.80 bits per heavy atom. The summed E-state index contributed by atoms with van der Waals surface area (Å²) >= 11 is 0. The van der Waals surface area contributed by atoms with Gasteiger partial charge in [-0.2, -0.15) is 0 Å². The van der Waals surface area contributed by atoms with Gasteiger partial charge in [0.25, 0.3) is 0 Å². The van der Waals surface area contributed by atoms with Crippen molar-refractivity contribution in [3.05, 3.63) is 0 Å². The summed E-state index contributed by atoms with van der Waals surface area (Å²) < 4.78 is 26.2. The Bertz CT molecular complexity index is 361. The number of unbranched alkanes of at least 4 members (excludes halogenated alkanes) is 1. The van der Waals surface area contributed by atoms with Crippen LogP contribution in [-0.2, 0) is 10.0 Å². The van der Waals surface area contributed by atoms with Gasteiger partial charge in [-0.15, -0.1) is 0 Å². The van der Waals surface area contributed by atoms with Gasteiger partial charge in [-0.1, -0.05) is 13.8 Å². The number of rotatable bonds is 8. The molecule has 1 heterocycles. The SMILES string of the molecule is CC(C)NCCCCS(=O)(=O)N1CCC(N(C)C)CC1. The van der Waals surface area contributed by atoms with Crippen LogP contribution < -0.4 is 5.32 Å². The summed E-state index contributed by atoms with van der Waals surface area (Å²) in [5, 5.41) is 3.32. The van der Waals surface area contributed by atoms with Crippen molar-refractivity contribution in [3.63, 3.8) is 0 Å². The van der Waals surface area contributed by atoms with Crippen LogP contribution >= 0.6 is 0 Å². The van der Waals surface area contributed by atoms with E-state index in [0.717, 1.165) is 32.2 Å². The van der Waals surface area contributed by atoms with Gasteiger partial charge in [0.1, 0.15) is 0 Å². The molecule has 1 aliphatic rings. The maximum atomic E-state index is 12.3. The first-order chi connectivity index (χ1) is 9.33. The van der Waals surface area contributed by atoms with Crippen molar-refractivity contribution in [1.29, 1.82) is 0 Å². The third-order valence-electron chi connectivity index (χ3n) is 3.93. The summed E-state index contributed by atoms with van der Waals surface area (Å²) in [6.07, 6.45) is 3.56. The highest BCUT2D eigenvalue weighted by Gasteiger charge is 2.28. The molecule has 0 aromatic rings. The molecule has 0 atom stereocenters. The highest BCUT2D eigenvalue weighted by molar-refractivity contribution is 7.89. The number of hydrogen-bond acceptors (Lipinski definition) is 4. The van der Waals surface area contributed by atoms with Gasteiger partial charge in [0, 0.05) is 25.2 Å². The van der Waals surface area contributed by atoms with Crippen LogP contribution in [0.4, 0.5) is 0 Å². The normalized spacial score (nSPS) is 19.1. The van der Waals surface area contributed by atoms with Crippen LogP contribution in [0.3, 0.4) is 0 Å². The molecule has 0 aliphatic carbocycles. The molecule has 1 rings (SSSR count). The second-order valence-corrected chi connectivity index (χ2v) is 8.31. The molecule has 0 spiro atoms. The molecule has 0 amide bonds. The Labute approximate surface area is 124 Å². The molecule has 0 aromatic carbocycles. The molecular weight excluding hydrogens is 274 g/mol. The van der Waals surface area contributed by atoms with Crippen molar-refractivity contribution in [2.24, 2.45) is 0 Å². The van der Waals surface area contributed by atoms with E-state index in [2.05, 4.69) is 38.2 Å². The first-order valence-electron chi connectivity index (χ1n) is 7.70. The lowest BCUT2D eigenvalue weighted by atomic mass is 10.1. The molecular formula is C14H31N3O2S. The van der Waals surface area contributed by atoms with Crippen molar-refractivity contribution in [1.82, 2.24) is 14.5 Å². The molecule has 1 aliphatic heterocycles. The van der Waals surface area contributed by atoms with E-state index in [1.807, 2.05) is 0 Å². The molecule has 0 saturated carbocycles. The fourth-order valence-corrected chi connectivity index (χ4v) is 4.16. The topological polar surface area (TPSA) is 52.7 Å². The molecule has 0 bridgehead atoms. The zero-order chi connectivity index (χ0) is 15.2. The number of nitrogens with zero attached hydrogens (tertiary/aromatic N) is 2. The minimum absolute atomic E-state index is 0.291. The molecule has 5 nitrogen and oxygen atoms in total. The molecule has 6 heteroatoms. The van der Waals surface area contributed by atoms with Gasteiger partial charge in [0.2, 0.25) is 10.0 Å². The average molecular weight is 305 g/mol. The second-order valence-electron chi connectivity index (χ2n) is 6.23. The van der Waals surface area contributed by atoms with Crippen LogP contribution in [0.2, 0.25) is 0 Å². The Morgan fingerprint density at radius 3 is 2.30 bits per heavy atom. The molecule has 20 heavy (non-hydrogen) atoms. The van der Waals surface area contributed by atoms with E-state index in [0.29, 0.717) is 30.9 Å². The first-order valence-corrected chi connectivity index (χ1v) is 9.31. The number of hydrogen-bond donors (Lipinski definition) is 1. The fraction of sp³-hybridized carbons (Fsp3) is 1.00. The number of piperidine rings is 1. The van der Waals surface area contributed by atoms with Crippen LogP contribution in [0.5, 0.6) is 0 Å².